The van der Waals surface area contributed by atoms with Crippen LogP contribution in [0.5, 0.6) is 0 Å². The summed E-state index contributed by atoms with van der Waals surface area (Å²) in [5.41, 5.74) is 2.25. The molecule has 0 bridgehead atoms. The van der Waals surface area contributed by atoms with Crippen molar-refractivity contribution >= 4 is 23.4 Å². The molecule has 2 N–H and O–H groups in total. The molecule has 6 nitrogen and oxygen atoms in total. The summed E-state index contributed by atoms with van der Waals surface area (Å²) in [6, 6.07) is 4.51. The molecule has 1 atom stereocenters. The first-order valence-corrected chi connectivity index (χ1v) is 6.77. The maximum Gasteiger partial charge on any atom is 0.326 e. The summed E-state index contributed by atoms with van der Waals surface area (Å²) in [6.45, 7) is 2.24. The van der Waals surface area contributed by atoms with Crippen molar-refractivity contribution in [3.05, 3.63) is 29.3 Å². The Bertz CT molecular complexity index is 596. The highest BCUT2D eigenvalue weighted by molar-refractivity contribution is 5.98. The third-order valence-electron chi connectivity index (χ3n) is 3.72. The number of rotatable bonds is 6. The number of hydrogen-bond donors (Lipinski definition) is 2. The van der Waals surface area contributed by atoms with Gasteiger partial charge in [-0.25, -0.2) is 4.79 Å². The number of carboxylic acids is 2. The minimum absolute atomic E-state index is 0.0244. The van der Waals surface area contributed by atoms with Crippen molar-refractivity contribution in [1.29, 1.82) is 0 Å². The van der Waals surface area contributed by atoms with Gasteiger partial charge in [0.15, 0.2) is 5.78 Å². The van der Waals surface area contributed by atoms with Crippen LogP contribution in [0.25, 0.3) is 0 Å². The zero-order chi connectivity index (χ0) is 15.6. The summed E-state index contributed by atoms with van der Waals surface area (Å²) in [6.07, 6.45) is 0.481. The molecule has 1 heterocycles. The number of carbonyl (C=O) groups is 3. The van der Waals surface area contributed by atoms with Crippen molar-refractivity contribution in [3.63, 3.8) is 0 Å². The minimum atomic E-state index is -0.994. The lowest BCUT2D eigenvalue weighted by Crippen LogP contribution is -2.37. The molecular weight excluding hydrogens is 274 g/mol. The molecule has 0 aromatic heterocycles. The molecule has 1 aliphatic rings. The fourth-order valence-electron chi connectivity index (χ4n) is 2.50. The molecular formula is C15H17NO5. The van der Waals surface area contributed by atoms with E-state index in [4.69, 9.17) is 10.2 Å². The normalized spacial score (nSPS) is 14.6. The molecule has 1 unspecified atom stereocenters. The van der Waals surface area contributed by atoms with Crippen molar-refractivity contribution < 1.29 is 24.6 Å². The number of carbonyl (C=O) groups excluding carboxylic acids is 1. The Balaban J connectivity index is 2.16. The van der Waals surface area contributed by atoms with Gasteiger partial charge in [-0.3, -0.25) is 9.59 Å². The van der Waals surface area contributed by atoms with Gasteiger partial charge in [0.25, 0.3) is 0 Å². The molecule has 21 heavy (non-hydrogen) atoms. The van der Waals surface area contributed by atoms with Crippen LogP contribution < -0.4 is 4.90 Å². The number of nitrogens with zero attached hydrogens (tertiary/aromatic N) is 1. The average Bonchev–Trinajstić information content (AvgIpc) is 2.86. The fraction of sp³-hybridized carbons (Fsp3) is 0.400. The Hall–Kier alpha value is -2.37. The summed E-state index contributed by atoms with van der Waals surface area (Å²) >= 11 is 0. The predicted molar refractivity (Wildman–Crippen MR) is 75.8 cm³/mol. The first-order valence-electron chi connectivity index (χ1n) is 6.77. The van der Waals surface area contributed by atoms with Crippen molar-refractivity contribution in [2.45, 2.75) is 32.2 Å². The summed E-state index contributed by atoms with van der Waals surface area (Å²) in [5, 5.41) is 17.7. The average molecular weight is 291 g/mol. The largest absolute Gasteiger partial charge is 0.481 e. The maximum absolute atomic E-state index is 11.9. The first-order chi connectivity index (χ1) is 9.90. The second kappa shape index (κ2) is 5.95. The van der Waals surface area contributed by atoms with E-state index in [1.807, 2.05) is 0 Å². The number of aliphatic carboxylic acids is 2. The zero-order valence-electron chi connectivity index (χ0n) is 11.7. The molecule has 6 heteroatoms. The van der Waals surface area contributed by atoms with Crippen molar-refractivity contribution in [2.24, 2.45) is 0 Å². The van der Waals surface area contributed by atoms with Crippen LogP contribution in [-0.4, -0.2) is 40.5 Å². The fourth-order valence-corrected chi connectivity index (χ4v) is 2.50. The molecule has 0 saturated heterocycles. The standard InChI is InChI=1S/C15H17NO5/c1-9(15(20)21)16-7-6-10-8-11(2-3-12(10)16)13(17)4-5-14(18)19/h2-3,8-9H,4-7H2,1H3,(H,18,19)(H,20,21). The molecule has 0 aliphatic carbocycles. The summed E-state index contributed by atoms with van der Waals surface area (Å²) in [7, 11) is 0. The Morgan fingerprint density at radius 1 is 1.24 bits per heavy atom. The predicted octanol–water partition coefficient (Wildman–Crippen LogP) is 1.57. The summed E-state index contributed by atoms with van der Waals surface area (Å²) in [5.74, 6) is -2.08. The third kappa shape index (κ3) is 3.21. The van der Waals surface area contributed by atoms with Gasteiger partial charge in [-0.05, 0) is 37.1 Å². The van der Waals surface area contributed by atoms with Crippen LogP contribution in [0.4, 0.5) is 5.69 Å². The number of ketones is 1. The number of carboxylic acid groups (broad SMARTS) is 2. The zero-order valence-corrected chi connectivity index (χ0v) is 11.7. The van der Waals surface area contributed by atoms with Crippen LogP contribution in [-0.2, 0) is 16.0 Å². The molecule has 1 aromatic rings. The second-order valence-electron chi connectivity index (χ2n) is 5.12. The van der Waals surface area contributed by atoms with Crippen LogP contribution in [0.1, 0.15) is 35.7 Å². The van der Waals surface area contributed by atoms with Crippen molar-refractivity contribution in [2.75, 3.05) is 11.4 Å². The highest BCUT2D eigenvalue weighted by atomic mass is 16.4. The molecule has 0 saturated carbocycles. The topological polar surface area (TPSA) is 94.9 Å². The highest BCUT2D eigenvalue weighted by Gasteiger charge is 2.27. The maximum atomic E-state index is 11.9. The van der Waals surface area contributed by atoms with Gasteiger partial charge >= 0.3 is 11.9 Å². The van der Waals surface area contributed by atoms with E-state index in [1.165, 1.54) is 0 Å². The van der Waals surface area contributed by atoms with Gasteiger partial charge in [0.2, 0.25) is 0 Å². The Morgan fingerprint density at radius 2 is 1.95 bits per heavy atom. The van der Waals surface area contributed by atoms with E-state index in [0.717, 1.165) is 11.3 Å². The van der Waals surface area contributed by atoms with Crippen LogP contribution in [0.15, 0.2) is 18.2 Å². The van der Waals surface area contributed by atoms with Gasteiger partial charge in [-0.15, -0.1) is 0 Å². The number of benzene rings is 1. The molecule has 0 radical (unpaired) electrons. The van der Waals surface area contributed by atoms with Gasteiger partial charge in [0.1, 0.15) is 6.04 Å². The van der Waals surface area contributed by atoms with Gasteiger partial charge < -0.3 is 15.1 Å². The van der Waals surface area contributed by atoms with E-state index in [9.17, 15) is 14.4 Å². The van der Waals surface area contributed by atoms with E-state index in [2.05, 4.69) is 0 Å². The Morgan fingerprint density at radius 3 is 2.57 bits per heavy atom. The Kier molecular flexibility index (Phi) is 4.26. The van der Waals surface area contributed by atoms with Crippen molar-refractivity contribution in [3.8, 4) is 0 Å². The lowest BCUT2D eigenvalue weighted by molar-refractivity contribution is -0.138. The monoisotopic (exact) mass is 291 g/mol. The highest BCUT2D eigenvalue weighted by Crippen LogP contribution is 2.30. The van der Waals surface area contributed by atoms with Crippen LogP contribution in [0.3, 0.4) is 0 Å². The van der Waals surface area contributed by atoms with E-state index in [0.29, 0.717) is 18.5 Å². The van der Waals surface area contributed by atoms with Crippen LogP contribution in [0.2, 0.25) is 0 Å². The van der Waals surface area contributed by atoms with E-state index >= 15 is 0 Å². The van der Waals surface area contributed by atoms with E-state index in [-0.39, 0.29) is 18.6 Å². The van der Waals surface area contributed by atoms with E-state index in [1.54, 1.807) is 30.0 Å². The number of hydrogen-bond acceptors (Lipinski definition) is 4. The SMILES string of the molecule is CC(C(=O)O)N1CCc2cc(C(=O)CCC(=O)O)ccc21. The summed E-state index contributed by atoms with van der Waals surface area (Å²) in [4.78, 5) is 35.3. The molecule has 0 fully saturated rings. The lowest BCUT2D eigenvalue weighted by Gasteiger charge is -2.23. The van der Waals surface area contributed by atoms with Crippen molar-refractivity contribution in [1.82, 2.24) is 0 Å². The summed E-state index contributed by atoms with van der Waals surface area (Å²) < 4.78 is 0. The molecule has 112 valence electrons. The molecule has 0 spiro atoms. The smallest absolute Gasteiger partial charge is 0.326 e. The third-order valence-corrected chi connectivity index (χ3v) is 3.72. The van der Waals surface area contributed by atoms with Gasteiger partial charge in [0.05, 0.1) is 6.42 Å². The minimum Gasteiger partial charge on any atom is -0.481 e. The molecule has 2 rings (SSSR count). The van der Waals surface area contributed by atoms with Gasteiger partial charge in [-0.1, -0.05) is 0 Å². The molecule has 0 amide bonds. The van der Waals surface area contributed by atoms with Crippen LogP contribution >= 0.6 is 0 Å². The first kappa shape index (κ1) is 15.0. The second-order valence-corrected chi connectivity index (χ2v) is 5.12. The van der Waals surface area contributed by atoms with E-state index < -0.39 is 18.0 Å². The number of fused-ring (bicyclic) bond motifs is 1. The quantitative estimate of drug-likeness (QED) is 0.772. The number of Topliss-reactive ketones (excluding diaryl/α,β-unsaturated/α-hetero) is 1. The molecule has 1 aromatic carbocycles. The molecule has 1 aliphatic heterocycles. The lowest BCUT2D eigenvalue weighted by atomic mass is 10.0. The van der Waals surface area contributed by atoms with Crippen LogP contribution in [0, 0.1) is 0 Å². The van der Waals surface area contributed by atoms with Gasteiger partial charge in [-0.2, -0.15) is 0 Å². The van der Waals surface area contributed by atoms with Gasteiger partial charge in [0, 0.05) is 24.2 Å². The number of anilines is 1. The Labute approximate surface area is 122 Å².